The zero-order valence-electron chi connectivity index (χ0n) is 19.3. The van der Waals surface area contributed by atoms with Crippen molar-refractivity contribution in [3.05, 3.63) is 59.7 Å². The Hall–Kier alpha value is -3.86. The van der Waals surface area contributed by atoms with Crippen LogP contribution in [0.15, 0.2) is 48.5 Å². The second-order valence-corrected chi connectivity index (χ2v) is 8.64. The molecule has 1 aliphatic rings. The van der Waals surface area contributed by atoms with Gasteiger partial charge in [-0.05, 0) is 41.0 Å². The number of carboxylic acid groups (broad SMARTS) is 1. The topological polar surface area (TPSA) is 129 Å². The van der Waals surface area contributed by atoms with Gasteiger partial charge in [-0.2, -0.15) is 5.26 Å². The summed E-state index contributed by atoms with van der Waals surface area (Å²) in [4.78, 5) is 36.8. The van der Waals surface area contributed by atoms with E-state index in [9.17, 15) is 19.5 Å². The highest BCUT2D eigenvalue weighted by Gasteiger charge is 2.31. The Morgan fingerprint density at radius 2 is 1.62 bits per heavy atom. The average Bonchev–Trinajstić information content (AvgIpc) is 3.14. The Morgan fingerprint density at radius 3 is 2.15 bits per heavy atom. The normalized spacial score (nSPS) is 13.8. The fourth-order valence-electron chi connectivity index (χ4n) is 4.20. The highest BCUT2D eigenvalue weighted by atomic mass is 16.5. The first-order valence-electron chi connectivity index (χ1n) is 11.3. The summed E-state index contributed by atoms with van der Waals surface area (Å²) in [6.45, 7) is 3.46. The number of unbranched alkanes of at least 4 members (excludes halogenated alkanes) is 1. The van der Waals surface area contributed by atoms with Crippen LogP contribution in [0.1, 0.15) is 50.2 Å². The number of benzene rings is 2. The van der Waals surface area contributed by atoms with Crippen molar-refractivity contribution in [1.82, 2.24) is 10.6 Å². The molecule has 0 fully saturated rings. The molecule has 2 aromatic carbocycles. The van der Waals surface area contributed by atoms with E-state index in [4.69, 9.17) is 10.00 Å². The maximum absolute atomic E-state index is 12.8. The first-order chi connectivity index (χ1) is 16.3. The number of rotatable bonds is 10. The standard InChI is InChI=1S/C26H29N3O5/c1-16(2)23(25(31)32)29-24(30)22(13-7-8-14-27)28-26(33)34-15-21-19-11-5-3-9-17(19)18-10-4-6-12-20(18)21/h3-6,9-12,16,21-23H,7-8,13,15H2,1-2H3,(H,28,33)(H,29,30)(H,31,32). The molecule has 0 radical (unpaired) electrons. The Balaban J connectivity index is 1.67. The van der Waals surface area contributed by atoms with E-state index in [1.165, 1.54) is 0 Å². The van der Waals surface area contributed by atoms with E-state index in [1.54, 1.807) is 13.8 Å². The number of nitrogens with one attached hydrogen (secondary N) is 2. The smallest absolute Gasteiger partial charge is 0.407 e. The number of amides is 2. The molecular weight excluding hydrogens is 434 g/mol. The van der Waals surface area contributed by atoms with Crippen molar-refractivity contribution in [3.63, 3.8) is 0 Å². The van der Waals surface area contributed by atoms with E-state index >= 15 is 0 Å². The molecule has 1 aliphatic carbocycles. The molecule has 8 heteroatoms. The Bertz CT molecular complexity index is 1050. The second-order valence-electron chi connectivity index (χ2n) is 8.64. The number of hydrogen-bond donors (Lipinski definition) is 3. The predicted molar refractivity (Wildman–Crippen MR) is 126 cm³/mol. The number of nitriles is 1. The van der Waals surface area contributed by atoms with Crippen LogP contribution in [-0.2, 0) is 14.3 Å². The number of fused-ring (bicyclic) bond motifs is 3. The summed E-state index contributed by atoms with van der Waals surface area (Å²) < 4.78 is 5.52. The molecule has 0 saturated carbocycles. The molecule has 0 spiro atoms. The molecule has 8 nitrogen and oxygen atoms in total. The third-order valence-electron chi connectivity index (χ3n) is 5.96. The molecule has 2 amide bonds. The minimum absolute atomic E-state index is 0.0934. The maximum atomic E-state index is 12.8. The highest BCUT2D eigenvalue weighted by molar-refractivity contribution is 5.89. The number of carboxylic acids is 1. The minimum atomic E-state index is -1.15. The lowest BCUT2D eigenvalue weighted by atomic mass is 9.98. The molecule has 2 aromatic rings. The summed E-state index contributed by atoms with van der Waals surface area (Å²) in [5, 5.41) is 23.2. The van der Waals surface area contributed by atoms with Crippen molar-refractivity contribution in [2.24, 2.45) is 5.92 Å². The summed E-state index contributed by atoms with van der Waals surface area (Å²) in [5.41, 5.74) is 4.35. The molecule has 34 heavy (non-hydrogen) atoms. The number of nitrogens with zero attached hydrogens (tertiary/aromatic N) is 1. The van der Waals surface area contributed by atoms with Crippen LogP contribution in [0.5, 0.6) is 0 Å². The van der Waals surface area contributed by atoms with Crippen LogP contribution in [0.2, 0.25) is 0 Å². The fraction of sp³-hybridized carbons (Fsp3) is 0.385. The van der Waals surface area contributed by atoms with Crippen LogP contribution >= 0.6 is 0 Å². The summed E-state index contributed by atoms with van der Waals surface area (Å²) >= 11 is 0. The number of ether oxygens (including phenoxy) is 1. The van der Waals surface area contributed by atoms with Gasteiger partial charge in [0, 0.05) is 12.3 Å². The van der Waals surface area contributed by atoms with Gasteiger partial charge in [0.25, 0.3) is 0 Å². The zero-order chi connectivity index (χ0) is 24.7. The molecule has 0 heterocycles. The Morgan fingerprint density at radius 1 is 1.03 bits per heavy atom. The van der Waals surface area contributed by atoms with Gasteiger partial charge >= 0.3 is 12.1 Å². The SMILES string of the molecule is CC(C)C(NC(=O)C(CCCC#N)NC(=O)OCC1c2ccccc2-c2ccccc21)C(=O)O. The summed E-state index contributed by atoms with van der Waals surface area (Å²) in [7, 11) is 0. The van der Waals surface area contributed by atoms with Gasteiger partial charge in [0.2, 0.25) is 5.91 Å². The average molecular weight is 464 g/mol. The predicted octanol–water partition coefficient (Wildman–Crippen LogP) is 3.81. The van der Waals surface area contributed by atoms with Crippen molar-refractivity contribution < 1.29 is 24.2 Å². The minimum Gasteiger partial charge on any atom is -0.480 e. The van der Waals surface area contributed by atoms with Crippen LogP contribution in [0.4, 0.5) is 4.79 Å². The molecule has 0 aromatic heterocycles. The molecule has 0 aliphatic heterocycles. The van der Waals surface area contributed by atoms with Gasteiger partial charge in [-0.1, -0.05) is 62.4 Å². The summed E-state index contributed by atoms with van der Waals surface area (Å²) in [6, 6.07) is 15.8. The second kappa shape index (κ2) is 11.3. The molecule has 3 N–H and O–H groups in total. The molecule has 0 bridgehead atoms. The van der Waals surface area contributed by atoms with Gasteiger partial charge < -0.3 is 20.5 Å². The quantitative estimate of drug-likeness (QED) is 0.460. The van der Waals surface area contributed by atoms with Gasteiger partial charge in [-0.3, -0.25) is 4.79 Å². The number of carbonyl (C=O) groups excluding carboxylic acids is 2. The van der Waals surface area contributed by atoms with E-state index in [0.29, 0.717) is 6.42 Å². The molecule has 178 valence electrons. The van der Waals surface area contributed by atoms with Crippen molar-refractivity contribution >= 4 is 18.0 Å². The van der Waals surface area contributed by atoms with E-state index in [-0.39, 0.29) is 31.3 Å². The van der Waals surface area contributed by atoms with Crippen LogP contribution < -0.4 is 10.6 Å². The summed E-state index contributed by atoms with van der Waals surface area (Å²) in [5.74, 6) is -2.23. The van der Waals surface area contributed by atoms with Crippen molar-refractivity contribution in [1.29, 1.82) is 5.26 Å². The van der Waals surface area contributed by atoms with Gasteiger partial charge in [0.15, 0.2) is 0 Å². The zero-order valence-corrected chi connectivity index (χ0v) is 19.3. The largest absolute Gasteiger partial charge is 0.480 e. The van der Waals surface area contributed by atoms with E-state index in [1.807, 2.05) is 54.6 Å². The Labute approximate surface area is 198 Å². The number of aliphatic carboxylic acids is 1. The first kappa shape index (κ1) is 24.8. The number of carbonyl (C=O) groups is 3. The lowest BCUT2D eigenvalue weighted by molar-refractivity contribution is -0.143. The van der Waals surface area contributed by atoms with Gasteiger partial charge in [-0.15, -0.1) is 0 Å². The van der Waals surface area contributed by atoms with Crippen molar-refractivity contribution in [2.75, 3.05) is 6.61 Å². The third-order valence-corrected chi connectivity index (χ3v) is 5.96. The van der Waals surface area contributed by atoms with Gasteiger partial charge in [0.05, 0.1) is 6.07 Å². The maximum Gasteiger partial charge on any atom is 0.407 e. The number of hydrogen-bond acceptors (Lipinski definition) is 5. The van der Waals surface area contributed by atoms with E-state index in [0.717, 1.165) is 22.3 Å². The van der Waals surface area contributed by atoms with Crippen molar-refractivity contribution in [2.45, 2.75) is 51.1 Å². The molecule has 3 rings (SSSR count). The van der Waals surface area contributed by atoms with Crippen molar-refractivity contribution in [3.8, 4) is 17.2 Å². The van der Waals surface area contributed by atoms with Crippen LogP contribution in [0.3, 0.4) is 0 Å². The first-order valence-corrected chi connectivity index (χ1v) is 11.3. The van der Waals surface area contributed by atoms with Gasteiger partial charge in [-0.25, -0.2) is 9.59 Å². The third kappa shape index (κ3) is 5.73. The van der Waals surface area contributed by atoms with E-state index < -0.39 is 30.1 Å². The highest BCUT2D eigenvalue weighted by Crippen LogP contribution is 2.44. The fourth-order valence-corrected chi connectivity index (χ4v) is 4.20. The Kier molecular flexibility index (Phi) is 8.25. The monoisotopic (exact) mass is 463 g/mol. The number of alkyl carbamates (subject to hydrolysis) is 1. The van der Waals surface area contributed by atoms with Crippen LogP contribution in [-0.4, -0.2) is 41.8 Å². The lowest BCUT2D eigenvalue weighted by Crippen LogP contribution is -2.53. The van der Waals surface area contributed by atoms with Crippen LogP contribution in [0, 0.1) is 17.2 Å². The molecule has 2 atom stereocenters. The summed E-state index contributed by atoms with van der Waals surface area (Å²) in [6.07, 6.45) is 0.00404. The molecule has 0 saturated heterocycles. The lowest BCUT2D eigenvalue weighted by Gasteiger charge is -2.23. The van der Waals surface area contributed by atoms with Crippen LogP contribution in [0.25, 0.3) is 11.1 Å². The molecular formula is C26H29N3O5. The molecule has 2 unspecified atom stereocenters. The van der Waals surface area contributed by atoms with Gasteiger partial charge in [0.1, 0.15) is 18.7 Å². The van der Waals surface area contributed by atoms with E-state index in [2.05, 4.69) is 10.6 Å².